The molecular formula is C23H32N2O4. The molecule has 0 spiro atoms. The summed E-state index contributed by atoms with van der Waals surface area (Å²) in [7, 11) is 3.34. The molecule has 6 nitrogen and oxygen atoms in total. The Morgan fingerprint density at radius 2 is 1.55 bits per heavy atom. The average molecular weight is 401 g/mol. The van der Waals surface area contributed by atoms with Crippen LogP contribution in [-0.2, 0) is 11.2 Å². The highest BCUT2D eigenvalue weighted by atomic mass is 16.5. The van der Waals surface area contributed by atoms with Gasteiger partial charge in [-0.2, -0.15) is 0 Å². The fraction of sp³-hybridized carbons (Fsp3) is 0.478. The number of rotatable bonds is 10. The Bertz CT molecular complexity index is 715. The summed E-state index contributed by atoms with van der Waals surface area (Å²) in [4.78, 5) is 2.25. The minimum absolute atomic E-state index is 0.0913. The molecule has 29 heavy (non-hydrogen) atoms. The van der Waals surface area contributed by atoms with Crippen molar-refractivity contribution in [3.8, 4) is 11.5 Å². The zero-order chi connectivity index (χ0) is 20.5. The Hall–Kier alpha value is -2.12. The highest BCUT2D eigenvalue weighted by Gasteiger charge is 2.18. The molecule has 1 heterocycles. The Labute approximate surface area is 173 Å². The van der Waals surface area contributed by atoms with E-state index in [1.165, 1.54) is 11.1 Å². The van der Waals surface area contributed by atoms with E-state index in [1.807, 2.05) is 24.3 Å². The third-order valence-corrected chi connectivity index (χ3v) is 5.29. The van der Waals surface area contributed by atoms with Gasteiger partial charge in [-0.15, -0.1) is 0 Å². The average Bonchev–Trinajstić information content (AvgIpc) is 2.78. The third kappa shape index (κ3) is 6.72. The Kier molecular flexibility index (Phi) is 8.31. The topological polar surface area (TPSA) is 63.2 Å². The molecule has 2 atom stereocenters. The van der Waals surface area contributed by atoms with Gasteiger partial charge in [0.1, 0.15) is 11.5 Å². The predicted molar refractivity (Wildman–Crippen MR) is 114 cm³/mol. The number of benzene rings is 2. The molecule has 158 valence electrons. The van der Waals surface area contributed by atoms with Gasteiger partial charge in [-0.1, -0.05) is 24.3 Å². The maximum atomic E-state index is 10.5. The monoisotopic (exact) mass is 400 g/mol. The highest BCUT2D eigenvalue weighted by Crippen LogP contribution is 2.23. The number of methoxy groups -OCH3 is 2. The van der Waals surface area contributed by atoms with Crippen LogP contribution in [0.4, 0.5) is 0 Å². The molecule has 1 fully saturated rings. The van der Waals surface area contributed by atoms with Gasteiger partial charge >= 0.3 is 0 Å². The molecule has 0 saturated carbocycles. The number of nitrogens with zero attached hydrogens (tertiary/aromatic N) is 1. The maximum Gasteiger partial charge on any atom is 0.118 e. The number of ether oxygens (including phenoxy) is 3. The van der Waals surface area contributed by atoms with Gasteiger partial charge < -0.3 is 24.6 Å². The van der Waals surface area contributed by atoms with Gasteiger partial charge in [0.05, 0.1) is 33.5 Å². The van der Waals surface area contributed by atoms with Gasteiger partial charge in [0.25, 0.3) is 0 Å². The standard InChI is InChI=1S/C23H32N2O4/c1-27-21-7-3-18(4-8-21)15-23(19-5-9-22(28-2)10-6-19)24-16-20(26)17-25-11-13-29-14-12-25/h3-10,20,23-24,26H,11-17H2,1-2H3/t20-,23+/m1/s1. The van der Waals surface area contributed by atoms with Crippen LogP contribution in [-0.4, -0.2) is 69.7 Å². The first-order valence-electron chi connectivity index (χ1n) is 10.2. The number of hydrogen-bond donors (Lipinski definition) is 2. The first kappa shape index (κ1) is 21.6. The first-order chi connectivity index (χ1) is 14.2. The van der Waals surface area contributed by atoms with E-state index >= 15 is 0 Å². The lowest BCUT2D eigenvalue weighted by molar-refractivity contribution is 0.0144. The van der Waals surface area contributed by atoms with Crippen LogP contribution in [0.25, 0.3) is 0 Å². The summed E-state index contributed by atoms with van der Waals surface area (Å²) >= 11 is 0. The second-order valence-electron chi connectivity index (χ2n) is 7.35. The zero-order valence-corrected chi connectivity index (χ0v) is 17.3. The van der Waals surface area contributed by atoms with Crippen molar-refractivity contribution in [2.24, 2.45) is 0 Å². The van der Waals surface area contributed by atoms with Crippen molar-refractivity contribution in [3.05, 3.63) is 59.7 Å². The summed E-state index contributed by atoms with van der Waals surface area (Å²) in [5.74, 6) is 1.69. The molecule has 0 unspecified atom stereocenters. The van der Waals surface area contributed by atoms with E-state index in [-0.39, 0.29) is 6.04 Å². The number of aliphatic hydroxyl groups excluding tert-OH is 1. The minimum Gasteiger partial charge on any atom is -0.497 e. The number of nitrogens with one attached hydrogen (secondary N) is 1. The van der Waals surface area contributed by atoms with Gasteiger partial charge in [-0.05, 0) is 41.8 Å². The van der Waals surface area contributed by atoms with E-state index < -0.39 is 6.10 Å². The fourth-order valence-corrected chi connectivity index (χ4v) is 3.57. The molecule has 0 amide bonds. The Balaban J connectivity index is 1.63. The van der Waals surface area contributed by atoms with Crippen molar-refractivity contribution < 1.29 is 19.3 Å². The van der Waals surface area contributed by atoms with Crippen LogP contribution in [0.1, 0.15) is 17.2 Å². The Morgan fingerprint density at radius 1 is 0.966 bits per heavy atom. The van der Waals surface area contributed by atoms with Crippen LogP contribution in [0, 0.1) is 0 Å². The second-order valence-corrected chi connectivity index (χ2v) is 7.35. The van der Waals surface area contributed by atoms with Crippen LogP contribution in [0.2, 0.25) is 0 Å². The summed E-state index contributed by atoms with van der Waals surface area (Å²) in [6, 6.07) is 16.3. The lowest BCUT2D eigenvalue weighted by atomic mass is 9.98. The molecule has 1 saturated heterocycles. The predicted octanol–water partition coefficient (Wildman–Crippen LogP) is 2.27. The summed E-state index contributed by atoms with van der Waals surface area (Å²) in [6.07, 6.45) is 0.394. The molecular weight excluding hydrogens is 368 g/mol. The quantitative estimate of drug-likeness (QED) is 0.638. The molecule has 0 aromatic heterocycles. The molecule has 0 aliphatic carbocycles. The van der Waals surface area contributed by atoms with Crippen molar-refractivity contribution in [1.82, 2.24) is 10.2 Å². The van der Waals surface area contributed by atoms with Crippen molar-refractivity contribution >= 4 is 0 Å². The Morgan fingerprint density at radius 3 is 2.14 bits per heavy atom. The van der Waals surface area contributed by atoms with E-state index in [9.17, 15) is 5.11 Å². The van der Waals surface area contributed by atoms with E-state index in [4.69, 9.17) is 14.2 Å². The van der Waals surface area contributed by atoms with Gasteiger partial charge in [0.15, 0.2) is 0 Å². The van der Waals surface area contributed by atoms with Crippen molar-refractivity contribution in [3.63, 3.8) is 0 Å². The number of hydrogen-bond acceptors (Lipinski definition) is 6. The lowest BCUT2D eigenvalue weighted by Crippen LogP contribution is -2.44. The minimum atomic E-state index is -0.426. The molecule has 2 aromatic rings. The molecule has 3 rings (SSSR count). The van der Waals surface area contributed by atoms with Gasteiger partial charge in [-0.25, -0.2) is 0 Å². The largest absolute Gasteiger partial charge is 0.497 e. The molecule has 6 heteroatoms. The van der Waals surface area contributed by atoms with Crippen LogP contribution in [0.5, 0.6) is 11.5 Å². The molecule has 2 aromatic carbocycles. The molecule has 1 aliphatic rings. The third-order valence-electron chi connectivity index (χ3n) is 5.29. The van der Waals surface area contributed by atoms with Crippen molar-refractivity contribution in [2.45, 2.75) is 18.6 Å². The van der Waals surface area contributed by atoms with Gasteiger partial charge in [-0.3, -0.25) is 4.90 Å². The first-order valence-corrected chi connectivity index (χ1v) is 10.2. The van der Waals surface area contributed by atoms with Crippen molar-refractivity contribution in [1.29, 1.82) is 0 Å². The fourth-order valence-electron chi connectivity index (χ4n) is 3.57. The molecule has 2 N–H and O–H groups in total. The second kappa shape index (κ2) is 11.2. The van der Waals surface area contributed by atoms with Crippen LogP contribution < -0.4 is 14.8 Å². The van der Waals surface area contributed by atoms with Gasteiger partial charge in [0.2, 0.25) is 0 Å². The number of morpholine rings is 1. The zero-order valence-electron chi connectivity index (χ0n) is 17.3. The van der Waals surface area contributed by atoms with Gasteiger partial charge in [0, 0.05) is 32.2 Å². The molecule has 1 aliphatic heterocycles. The van der Waals surface area contributed by atoms with E-state index in [0.717, 1.165) is 44.2 Å². The number of β-amino-alcohol motifs (C(OH)–C–C–N with tert-alkyl or cyclic N) is 1. The summed E-state index contributed by atoms with van der Waals surface area (Å²) in [6.45, 7) is 4.44. The van der Waals surface area contributed by atoms with E-state index in [2.05, 4.69) is 34.5 Å². The van der Waals surface area contributed by atoms with Crippen LogP contribution >= 0.6 is 0 Å². The SMILES string of the molecule is COc1ccc(C[C@H](NC[C@@H](O)CN2CCOCC2)c2ccc(OC)cc2)cc1. The van der Waals surface area contributed by atoms with E-state index in [0.29, 0.717) is 13.1 Å². The summed E-state index contributed by atoms with van der Waals surface area (Å²) in [5.41, 5.74) is 2.38. The lowest BCUT2D eigenvalue weighted by Gasteiger charge is -2.29. The summed E-state index contributed by atoms with van der Waals surface area (Å²) < 4.78 is 15.9. The van der Waals surface area contributed by atoms with Crippen LogP contribution in [0.3, 0.4) is 0 Å². The summed E-state index contributed by atoms with van der Waals surface area (Å²) in [5, 5.41) is 14.1. The van der Waals surface area contributed by atoms with E-state index in [1.54, 1.807) is 14.2 Å². The molecule has 0 radical (unpaired) electrons. The smallest absolute Gasteiger partial charge is 0.118 e. The van der Waals surface area contributed by atoms with Crippen molar-refractivity contribution in [2.75, 3.05) is 53.6 Å². The number of aliphatic hydroxyl groups is 1. The normalized spacial score (nSPS) is 16.9. The molecule has 0 bridgehead atoms. The highest BCUT2D eigenvalue weighted by molar-refractivity contribution is 5.32. The maximum absolute atomic E-state index is 10.5. The van der Waals surface area contributed by atoms with Crippen LogP contribution in [0.15, 0.2) is 48.5 Å².